The predicted molar refractivity (Wildman–Crippen MR) is 144 cm³/mol. The molecule has 0 spiro atoms. The average Bonchev–Trinajstić information content (AvgIpc) is 3.63. The van der Waals surface area contributed by atoms with Crippen molar-refractivity contribution in [3.63, 3.8) is 0 Å². The Labute approximate surface area is 221 Å². The molecule has 3 fully saturated rings. The Bertz CT molecular complexity index is 1040. The van der Waals surface area contributed by atoms with Crippen LogP contribution in [0.2, 0.25) is 5.15 Å². The van der Waals surface area contributed by atoms with Crippen LogP contribution < -0.4 is 5.32 Å². The van der Waals surface area contributed by atoms with Crippen molar-refractivity contribution in [3.8, 4) is 0 Å². The Balaban J connectivity index is 1.37. The van der Waals surface area contributed by atoms with Crippen molar-refractivity contribution in [2.24, 2.45) is 11.8 Å². The number of pyridine rings is 1. The number of ether oxygens (including phenoxy) is 1. The molecule has 0 radical (unpaired) electrons. The predicted octanol–water partition coefficient (Wildman–Crippen LogP) is 5.37. The van der Waals surface area contributed by atoms with Crippen LogP contribution in [0.4, 0.5) is 0 Å². The van der Waals surface area contributed by atoms with Gasteiger partial charge in [-0.3, -0.25) is 4.79 Å². The minimum atomic E-state index is -0.311. The average molecular weight is 510 g/mol. The molecule has 1 saturated carbocycles. The van der Waals surface area contributed by atoms with Crippen LogP contribution in [-0.2, 0) is 21.4 Å². The number of amides is 1. The van der Waals surface area contributed by atoms with Crippen LogP contribution in [0.15, 0.2) is 42.5 Å². The van der Waals surface area contributed by atoms with Crippen molar-refractivity contribution in [3.05, 3.63) is 64.4 Å². The maximum absolute atomic E-state index is 14.3. The molecule has 1 aliphatic carbocycles. The number of hydrogen-bond acceptors (Lipinski definition) is 4. The van der Waals surface area contributed by atoms with Crippen LogP contribution in [-0.4, -0.2) is 54.7 Å². The third kappa shape index (κ3) is 5.49. The molecule has 36 heavy (non-hydrogen) atoms. The molecular weight excluding hydrogens is 470 g/mol. The fourth-order valence-corrected chi connectivity index (χ4v) is 6.44. The molecule has 5 rings (SSSR count). The zero-order valence-electron chi connectivity index (χ0n) is 21.7. The summed E-state index contributed by atoms with van der Waals surface area (Å²) in [6, 6.07) is 14.9. The van der Waals surface area contributed by atoms with E-state index in [1.807, 2.05) is 6.07 Å². The lowest BCUT2D eigenvalue weighted by atomic mass is 9.72. The molecular formula is C30H40ClN3O2. The molecule has 2 aromatic rings. The van der Waals surface area contributed by atoms with Crippen LogP contribution in [0, 0.1) is 11.8 Å². The summed E-state index contributed by atoms with van der Waals surface area (Å²) < 4.78 is 6.19. The molecule has 3 aliphatic rings. The normalized spacial score (nSPS) is 28.4. The number of benzene rings is 1. The second kappa shape index (κ2) is 11.2. The number of aromatic nitrogens is 1. The number of rotatable bonds is 9. The summed E-state index contributed by atoms with van der Waals surface area (Å²) in [6.07, 6.45) is 6.38. The summed E-state index contributed by atoms with van der Waals surface area (Å²) in [5.74, 6) is 1.32. The highest BCUT2D eigenvalue weighted by Crippen LogP contribution is 2.41. The van der Waals surface area contributed by atoms with E-state index in [1.54, 1.807) is 0 Å². The lowest BCUT2D eigenvalue weighted by molar-refractivity contribution is -0.142. The molecule has 4 unspecified atom stereocenters. The Morgan fingerprint density at radius 2 is 1.97 bits per heavy atom. The van der Waals surface area contributed by atoms with Crippen LogP contribution in [0.5, 0.6) is 0 Å². The number of aryl methyl sites for hydroxylation is 1. The number of nitrogens with one attached hydrogen (secondary N) is 1. The minimum absolute atomic E-state index is 0.110. The number of nitrogens with zero attached hydrogens (tertiary/aromatic N) is 2. The minimum Gasteiger partial charge on any atom is -0.379 e. The lowest BCUT2D eigenvalue weighted by Gasteiger charge is -2.43. The molecule has 4 atom stereocenters. The van der Waals surface area contributed by atoms with E-state index in [4.69, 9.17) is 16.3 Å². The monoisotopic (exact) mass is 509 g/mol. The van der Waals surface area contributed by atoms with E-state index in [1.165, 1.54) is 18.4 Å². The van der Waals surface area contributed by atoms with Gasteiger partial charge < -0.3 is 15.0 Å². The number of piperidine rings is 1. The van der Waals surface area contributed by atoms with Crippen LogP contribution in [0.1, 0.15) is 68.7 Å². The van der Waals surface area contributed by atoms with Crippen LogP contribution >= 0.6 is 11.6 Å². The molecule has 1 N–H and O–H groups in total. The summed E-state index contributed by atoms with van der Waals surface area (Å²) >= 11 is 6.27. The SMILES string of the molecule is CCCc1nc(Cl)ccc1C1(C)CNCC1C(=O)N1CCC(c2ccccc2)CC1COCC1CC1. The topological polar surface area (TPSA) is 54.5 Å². The molecule has 2 aliphatic heterocycles. The first-order valence-electron chi connectivity index (χ1n) is 13.8. The van der Waals surface area contributed by atoms with Gasteiger partial charge in [-0.15, -0.1) is 0 Å². The summed E-state index contributed by atoms with van der Waals surface area (Å²) in [5, 5.41) is 4.07. The molecule has 5 nitrogen and oxygen atoms in total. The molecule has 0 bridgehead atoms. The number of likely N-dealkylation sites (tertiary alicyclic amines) is 1. The molecule has 1 amide bonds. The van der Waals surface area contributed by atoms with E-state index in [0.29, 0.717) is 24.2 Å². The van der Waals surface area contributed by atoms with Crippen LogP contribution in [0.25, 0.3) is 0 Å². The number of carbonyl (C=O) groups is 1. The second-order valence-electron chi connectivity index (χ2n) is 11.3. The summed E-state index contributed by atoms with van der Waals surface area (Å²) in [6.45, 7) is 8.09. The maximum Gasteiger partial charge on any atom is 0.228 e. The highest BCUT2D eigenvalue weighted by Gasteiger charge is 2.48. The van der Waals surface area contributed by atoms with E-state index >= 15 is 0 Å². The van der Waals surface area contributed by atoms with E-state index in [9.17, 15) is 4.79 Å². The molecule has 1 aromatic heterocycles. The maximum atomic E-state index is 14.3. The van der Waals surface area contributed by atoms with Gasteiger partial charge in [0, 0.05) is 37.4 Å². The van der Waals surface area contributed by atoms with Gasteiger partial charge in [-0.05, 0) is 61.1 Å². The summed E-state index contributed by atoms with van der Waals surface area (Å²) in [5.41, 5.74) is 3.26. The first kappa shape index (κ1) is 25.7. The van der Waals surface area contributed by atoms with Gasteiger partial charge in [0.15, 0.2) is 0 Å². The van der Waals surface area contributed by atoms with Gasteiger partial charge >= 0.3 is 0 Å². The smallest absolute Gasteiger partial charge is 0.228 e. The van der Waals surface area contributed by atoms with Gasteiger partial charge in [-0.2, -0.15) is 0 Å². The summed E-state index contributed by atoms with van der Waals surface area (Å²) in [7, 11) is 0. The Morgan fingerprint density at radius 1 is 1.17 bits per heavy atom. The fraction of sp³-hybridized carbons (Fsp3) is 0.600. The third-order valence-electron chi connectivity index (χ3n) is 8.58. The van der Waals surface area contributed by atoms with Gasteiger partial charge in [-0.25, -0.2) is 4.98 Å². The molecule has 1 aromatic carbocycles. The van der Waals surface area contributed by atoms with Crippen molar-refractivity contribution in [1.29, 1.82) is 0 Å². The zero-order chi connectivity index (χ0) is 25.1. The van der Waals surface area contributed by atoms with Gasteiger partial charge in [-0.1, -0.05) is 68.3 Å². The number of carbonyl (C=O) groups excluding carboxylic acids is 1. The highest BCUT2D eigenvalue weighted by molar-refractivity contribution is 6.29. The van der Waals surface area contributed by atoms with Crippen molar-refractivity contribution in [1.82, 2.24) is 15.2 Å². The lowest BCUT2D eigenvalue weighted by Crippen LogP contribution is -2.53. The Kier molecular flexibility index (Phi) is 7.99. The summed E-state index contributed by atoms with van der Waals surface area (Å²) in [4.78, 5) is 21.1. The number of halogens is 1. The van der Waals surface area contributed by atoms with E-state index in [-0.39, 0.29) is 23.3 Å². The Morgan fingerprint density at radius 3 is 2.72 bits per heavy atom. The quantitative estimate of drug-likeness (QED) is 0.462. The fourth-order valence-electron chi connectivity index (χ4n) is 6.27. The van der Waals surface area contributed by atoms with Crippen molar-refractivity contribution in [2.75, 3.05) is 32.8 Å². The van der Waals surface area contributed by atoms with Crippen molar-refractivity contribution in [2.45, 2.75) is 69.7 Å². The molecule has 194 valence electrons. The van der Waals surface area contributed by atoms with E-state index in [0.717, 1.165) is 62.6 Å². The van der Waals surface area contributed by atoms with Crippen molar-refractivity contribution < 1.29 is 9.53 Å². The number of hydrogen-bond donors (Lipinski definition) is 1. The third-order valence-corrected chi connectivity index (χ3v) is 8.79. The van der Waals surface area contributed by atoms with Crippen molar-refractivity contribution >= 4 is 17.5 Å². The van der Waals surface area contributed by atoms with Gasteiger partial charge in [0.05, 0.1) is 18.6 Å². The Hall–Kier alpha value is -1.95. The molecule has 6 heteroatoms. The zero-order valence-corrected chi connectivity index (χ0v) is 22.5. The van der Waals surface area contributed by atoms with Gasteiger partial charge in [0.2, 0.25) is 5.91 Å². The van der Waals surface area contributed by atoms with E-state index in [2.05, 4.69) is 65.4 Å². The van der Waals surface area contributed by atoms with Crippen LogP contribution in [0.3, 0.4) is 0 Å². The highest BCUT2D eigenvalue weighted by atomic mass is 35.5. The second-order valence-corrected chi connectivity index (χ2v) is 11.7. The van der Waals surface area contributed by atoms with Gasteiger partial charge in [0.1, 0.15) is 5.15 Å². The van der Waals surface area contributed by atoms with Gasteiger partial charge in [0.25, 0.3) is 0 Å². The van der Waals surface area contributed by atoms with E-state index < -0.39 is 0 Å². The standard InChI is InChI=1S/C30H40ClN3O2/c1-3-7-27-25(12-13-28(31)33-27)30(2)20-32-17-26(30)29(35)34-15-14-23(22-8-5-4-6-9-22)16-24(34)19-36-18-21-10-11-21/h4-6,8-9,12-13,21,23-24,26,32H,3,7,10-11,14-20H2,1-2H3. The molecule has 3 heterocycles. The molecule has 2 saturated heterocycles. The first-order chi connectivity index (χ1) is 17.5. The first-order valence-corrected chi connectivity index (χ1v) is 14.2. The largest absolute Gasteiger partial charge is 0.379 e.